The van der Waals surface area contributed by atoms with Crippen molar-refractivity contribution in [3.8, 4) is 0 Å². The van der Waals surface area contributed by atoms with E-state index in [1.165, 1.54) is 0 Å². The maximum absolute atomic E-state index is 10.2. The van der Waals surface area contributed by atoms with Gasteiger partial charge >= 0.3 is 0 Å². The molecule has 19 heavy (non-hydrogen) atoms. The first-order valence-electron chi connectivity index (χ1n) is 6.86. The molecule has 0 aromatic carbocycles. The number of rotatable bonds is 5. The molecule has 0 radical (unpaired) electrons. The highest BCUT2D eigenvalue weighted by molar-refractivity contribution is 5.36. The minimum absolute atomic E-state index is 0.338. The number of β-amino-alcohol motifs (C(OH)–C–C–N with tert-alkyl or cyclic N) is 1. The highest BCUT2D eigenvalue weighted by Gasteiger charge is 2.18. The summed E-state index contributed by atoms with van der Waals surface area (Å²) in [7, 11) is 4.11. The van der Waals surface area contributed by atoms with Crippen LogP contribution in [0.5, 0.6) is 0 Å². The first-order valence-corrected chi connectivity index (χ1v) is 6.86. The number of piperazine rings is 1. The Hall–Kier alpha value is -1.17. The number of aliphatic hydroxyl groups excluding tert-OH is 1. The van der Waals surface area contributed by atoms with Crippen molar-refractivity contribution in [1.82, 2.24) is 14.8 Å². The van der Waals surface area contributed by atoms with Gasteiger partial charge in [0.1, 0.15) is 5.82 Å². The molecule has 1 atom stereocenters. The van der Waals surface area contributed by atoms with Gasteiger partial charge in [0.25, 0.3) is 0 Å². The molecular formula is C14H24N4O. The second-order valence-electron chi connectivity index (χ2n) is 5.33. The Kier molecular flexibility index (Phi) is 5.13. The van der Waals surface area contributed by atoms with Crippen molar-refractivity contribution < 1.29 is 5.11 Å². The molecule has 0 saturated carbocycles. The molecule has 106 valence electrons. The maximum Gasteiger partial charge on any atom is 0.128 e. The summed E-state index contributed by atoms with van der Waals surface area (Å²) < 4.78 is 0. The number of pyridine rings is 1. The molecular weight excluding hydrogens is 240 g/mol. The number of anilines is 1. The van der Waals surface area contributed by atoms with Gasteiger partial charge < -0.3 is 14.9 Å². The standard InChI is InChI=1S/C14H24N4O/c1-16-7-9-18(10-8-16)12-13(19)11-17(2)14-5-3-4-6-15-14/h3-6,13,19H,7-12H2,1-2H3/t13-/m0/s1. The largest absolute Gasteiger partial charge is 0.390 e. The summed E-state index contributed by atoms with van der Waals surface area (Å²) in [6.45, 7) is 5.61. The van der Waals surface area contributed by atoms with Gasteiger partial charge in [-0.3, -0.25) is 4.90 Å². The van der Waals surface area contributed by atoms with Gasteiger partial charge in [-0.15, -0.1) is 0 Å². The topological polar surface area (TPSA) is 42.8 Å². The van der Waals surface area contributed by atoms with Crippen molar-refractivity contribution >= 4 is 5.82 Å². The molecule has 0 spiro atoms. The molecule has 2 heterocycles. The second-order valence-corrected chi connectivity index (χ2v) is 5.33. The van der Waals surface area contributed by atoms with Crippen LogP contribution >= 0.6 is 0 Å². The van der Waals surface area contributed by atoms with Gasteiger partial charge in [0.15, 0.2) is 0 Å². The second kappa shape index (κ2) is 6.84. The maximum atomic E-state index is 10.2. The quantitative estimate of drug-likeness (QED) is 0.818. The highest BCUT2D eigenvalue weighted by atomic mass is 16.3. The Morgan fingerprint density at radius 2 is 2.05 bits per heavy atom. The third-order valence-corrected chi connectivity index (χ3v) is 3.59. The van der Waals surface area contributed by atoms with Gasteiger partial charge in [-0.2, -0.15) is 0 Å². The molecule has 1 aliphatic heterocycles. The van der Waals surface area contributed by atoms with Crippen LogP contribution in [0.1, 0.15) is 0 Å². The Bertz CT molecular complexity index is 365. The lowest BCUT2D eigenvalue weighted by atomic mass is 10.2. The van der Waals surface area contributed by atoms with Gasteiger partial charge in [-0.05, 0) is 19.2 Å². The number of aromatic nitrogens is 1. The van der Waals surface area contributed by atoms with Crippen LogP contribution in [0.15, 0.2) is 24.4 Å². The molecule has 5 heteroatoms. The molecule has 0 bridgehead atoms. The van der Waals surface area contributed by atoms with Crippen LogP contribution in [-0.2, 0) is 0 Å². The van der Waals surface area contributed by atoms with E-state index < -0.39 is 0 Å². The number of hydrogen-bond donors (Lipinski definition) is 1. The Labute approximate surface area is 115 Å². The van der Waals surface area contributed by atoms with Crippen LogP contribution in [0, 0.1) is 0 Å². The molecule has 0 unspecified atom stereocenters. The third-order valence-electron chi connectivity index (χ3n) is 3.59. The lowest BCUT2D eigenvalue weighted by molar-refractivity contribution is 0.0842. The van der Waals surface area contributed by atoms with Gasteiger partial charge in [0, 0.05) is 52.5 Å². The molecule has 1 saturated heterocycles. The van der Waals surface area contributed by atoms with E-state index in [0.29, 0.717) is 6.54 Å². The van der Waals surface area contributed by atoms with Crippen LogP contribution in [0.25, 0.3) is 0 Å². The van der Waals surface area contributed by atoms with E-state index in [1.807, 2.05) is 30.1 Å². The lowest BCUT2D eigenvalue weighted by Gasteiger charge is -2.34. The summed E-state index contributed by atoms with van der Waals surface area (Å²) in [5.41, 5.74) is 0. The zero-order valence-corrected chi connectivity index (χ0v) is 11.9. The van der Waals surface area contributed by atoms with Crippen LogP contribution in [0.3, 0.4) is 0 Å². The van der Waals surface area contributed by atoms with E-state index in [0.717, 1.165) is 38.5 Å². The van der Waals surface area contributed by atoms with E-state index in [9.17, 15) is 5.11 Å². The molecule has 1 fully saturated rings. The van der Waals surface area contributed by atoms with Gasteiger partial charge in [0.05, 0.1) is 6.10 Å². The van der Waals surface area contributed by atoms with Gasteiger partial charge in [-0.25, -0.2) is 4.98 Å². The summed E-state index contributed by atoms with van der Waals surface area (Å²) in [4.78, 5) is 10.9. The summed E-state index contributed by atoms with van der Waals surface area (Å²) in [5, 5.41) is 10.2. The predicted molar refractivity (Wildman–Crippen MR) is 77.5 cm³/mol. The fourth-order valence-electron chi connectivity index (χ4n) is 2.38. The fraction of sp³-hybridized carbons (Fsp3) is 0.643. The number of likely N-dealkylation sites (N-methyl/N-ethyl adjacent to an activating group) is 2. The molecule has 1 aromatic heterocycles. The number of aliphatic hydroxyl groups is 1. The van der Waals surface area contributed by atoms with Crippen molar-refractivity contribution in [3.05, 3.63) is 24.4 Å². The number of hydrogen-bond acceptors (Lipinski definition) is 5. The van der Waals surface area contributed by atoms with Crippen molar-refractivity contribution in [2.45, 2.75) is 6.10 Å². The molecule has 1 aromatic rings. The Morgan fingerprint density at radius 1 is 1.32 bits per heavy atom. The van der Waals surface area contributed by atoms with E-state index in [-0.39, 0.29) is 6.10 Å². The van der Waals surface area contributed by atoms with Crippen molar-refractivity contribution in [3.63, 3.8) is 0 Å². The minimum atomic E-state index is -0.338. The van der Waals surface area contributed by atoms with Crippen molar-refractivity contribution in [2.75, 3.05) is 58.3 Å². The molecule has 5 nitrogen and oxygen atoms in total. The zero-order chi connectivity index (χ0) is 13.7. The molecule has 0 amide bonds. The van der Waals surface area contributed by atoms with Crippen LogP contribution < -0.4 is 4.90 Å². The minimum Gasteiger partial charge on any atom is -0.390 e. The Balaban J connectivity index is 1.76. The average molecular weight is 264 g/mol. The summed E-state index contributed by atoms with van der Waals surface area (Å²) in [5.74, 6) is 0.903. The van der Waals surface area contributed by atoms with E-state index in [2.05, 4.69) is 21.8 Å². The fourth-order valence-corrected chi connectivity index (χ4v) is 2.38. The van der Waals surface area contributed by atoms with Crippen molar-refractivity contribution in [2.24, 2.45) is 0 Å². The third kappa shape index (κ3) is 4.45. The smallest absolute Gasteiger partial charge is 0.128 e. The normalized spacial score (nSPS) is 19.3. The average Bonchev–Trinajstić information content (AvgIpc) is 2.42. The monoisotopic (exact) mass is 264 g/mol. The Morgan fingerprint density at radius 3 is 2.68 bits per heavy atom. The number of nitrogens with zero attached hydrogens (tertiary/aromatic N) is 4. The molecule has 1 N–H and O–H groups in total. The predicted octanol–water partition coefficient (Wildman–Crippen LogP) is 0.126. The van der Waals surface area contributed by atoms with E-state index >= 15 is 0 Å². The molecule has 0 aliphatic carbocycles. The van der Waals surface area contributed by atoms with Gasteiger partial charge in [-0.1, -0.05) is 6.07 Å². The SMILES string of the molecule is CN1CCN(C[C@@H](O)CN(C)c2ccccn2)CC1. The highest BCUT2D eigenvalue weighted by Crippen LogP contribution is 2.08. The van der Waals surface area contributed by atoms with Crippen LogP contribution in [0.4, 0.5) is 5.82 Å². The summed E-state index contributed by atoms with van der Waals surface area (Å²) in [6, 6.07) is 5.83. The summed E-state index contributed by atoms with van der Waals surface area (Å²) in [6.07, 6.45) is 1.44. The van der Waals surface area contributed by atoms with Crippen LogP contribution in [0.2, 0.25) is 0 Å². The first-order chi connectivity index (χ1) is 9.15. The van der Waals surface area contributed by atoms with E-state index in [4.69, 9.17) is 0 Å². The first kappa shape index (κ1) is 14.2. The molecule has 1 aliphatic rings. The van der Waals surface area contributed by atoms with Crippen molar-refractivity contribution in [1.29, 1.82) is 0 Å². The lowest BCUT2D eigenvalue weighted by Crippen LogP contribution is -2.48. The summed E-state index contributed by atoms with van der Waals surface area (Å²) >= 11 is 0. The van der Waals surface area contributed by atoms with Gasteiger partial charge in [0.2, 0.25) is 0 Å². The van der Waals surface area contributed by atoms with E-state index in [1.54, 1.807) is 6.20 Å². The zero-order valence-electron chi connectivity index (χ0n) is 11.9. The molecule has 2 rings (SSSR count). The van der Waals surface area contributed by atoms with Crippen LogP contribution in [-0.4, -0.2) is 79.4 Å².